The molecule has 2 aliphatic heterocycles. The summed E-state index contributed by atoms with van der Waals surface area (Å²) in [5, 5.41) is 8.38. The van der Waals surface area contributed by atoms with Crippen LogP contribution in [0.1, 0.15) is 35.1 Å². The van der Waals surface area contributed by atoms with E-state index in [1.54, 1.807) is 0 Å². The van der Waals surface area contributed by atoms with E-state index in [-0.39, 0.29) is 6.10 Å². The number of hydrogen-bond acceptors (Lipinski definition) is 6. The van der Waals surface area contributed by atoms with Crippen molar-refractivity contribution in [3.05, 3.63) is 35.0 Å². The van der Waals surface area contributed by atoms with Gasteiger partial charge in [0.1, 0.15) is 5.76 Å². The molecule has 2 saturated heterocycles. The van der Waals surface area contributed by atoms with Gasteiger partial charge in [-0.2, -0.15) is 5.10 Å². The average molecular weight is 359 g/mol. The van der Waals surface area contributed by atoms with Crippen molar-refractivity contribution in [3.63, 3.8) is 0 Å². The molecular formula is C19H29N5O2. The van der Waals surface area contributed by atoms with Crippen LogP contribution >= 0.6 is 0 Å². The molecule has 26 heavy (non-hydrogen) atoms. The molecule has 0 unspecified atom stereocenters. The largest absolute Gasteiger partial charge is 0.373 e. The summed E-state index contributed by atoms with van der Waals surface area (Å²) in [6.45, 7) is 11.4. The van der Waals surface area contributed by atoms with Crippen molar-refractivity contribution in [2.24, 2.45) is 13.0 Å². The van der Waals surface area contributed by atoms with Gasteiger partial charge in [0.25, 0.3) is 0 Å². The van der Waals surface area contributed by atoms with Gasteiger partial charge in [0.05, 0.1) is 18.0 Å². The standard InChI is InChI=1S/C19H29N5O2/c1-14-18(15(2)26-21-14)13-24-7-5-23(6-8-24)12-16-4-9-25-19(16)17-10-20-22(3)11-17/h10-11,16,19H,4-9,12-13H2,1-3H3/t16-,19+/m1/s1. The molecule has 0 saturated carbocycles. The molecule has 2 aromatic heterocycles. The smallest absolute Gasteiger partial charge is 0.138 e. The number of nitrogens with zero attached hydrogens (tertiary/aromatic N) is 5. The van der Waals surface area contributed by atoms with Gasteiger partial charge in [-0.15, -0.1) is 0 Å². The van der Waals surface area contributed by atoms with Gasteiger partial charge in [-0.25, -0.2) is 0 Å². The summed E-state index contributed by atoms with van der Waals surface area (Å²) in [4.78, 5) is 5.10. The molecule has 7 nitrogen and oxygen atoms in total. The van der Waals surface area contributed by atoms with Gasteiger partial charge in [0.15, 0.2) is 0 Å². The van der Waals surface area contributed by atoms with E-state index in [1.165, 1.54) is 11.1 Å². The molecule has 4 heterocycles. The Morgan fingerprint density at radius 3 is 2.58 bits per heavy atom. The molecule has 0 N–H and O–H groups in total. The summed E-state index contributed by atoms with van der Waals surface area (Å²) in [6, 6.07) is 0. The van der Waals surface area contributed by atoms with Crippen molar-refractivity contribution in [2.75, 3.05) is 39.3 Å². The van der Waals surface area contributed by atoms with Gasteiger partial charge in [-0.3, -0.25) is 9.58 Å². The molecule has 4 rings (SSSR count). The highest BCUT2D eigenvalue weighted by molar-refractivity contribution is 5.20. The van der Waals surface area contributed by atoms with E-state index in [9.17, 15) is 0 Å². The second-order valence-electron chi connectivity index (χ2n) is 7.67. The molecule has 142 valence electrons. The lowest BCUT2D eigenvalue weighted by molar-refractivity contribution is 0.0634. The lowest BCUT2D eigenvalue weighted by Crippen LogP contribution is -2.47. The molecule has 0 amide bonds. The van der Waals surface area contributed by atoms with Crippen molar-refractivity contribution in [1.82, 2.24) is 24.7 Å². The maximum atomic E-state index is 6.02. The number of rotatable bonds is 5. The summed E-state index contributed by atoms with van der Waals surface area (Å²) >= 11 is 0. The fourth-order valence-corrected chi connectivity index (χ4v) is 4.19. The van der Waals surface area contributed by atoms with Crippen molar-refractivity contribution in [3.8, 4) is 0 Å². The Balaban J connectivity index is 1.29. The second-order valence-corrected chi connectivity index (χ2v) is 7.67. The third-order valence-electron chi connectivity index (χ3n) is 5.79. The van der Waals surface area contributed by atoms with E-state index in [2.05, 4.69) is 26.3 Å². The first kappa shape index (κ1) is 17.7. The first-order valence-corrected chi connectivity index (χ1v) is 9.57. The van der Waals surface area contributed by atoms with Crippen LogP contribution in [0.15, 0.2) is 16.9 Å². The predicted molar refractivity (Wildman–Crippen MR) is 97.7 cm³/mol. The van der Waals surface area contributed by atoms with Crippen molar-refractivity contribution in [1.29, 1.82) is 0 Å². The third kappa shape index (κ3) is 3.70. The van der Waals surface area contributed by atoms with Crippen molar-refractivity contribution in [2.45, 2.75) is 32.9 Å². The minimum atomic E-state index is 0.198. The Morgan fingerprint density at radius 2 is 1.92 bits per heavy atom. The molecule has 0 radical (unpaired) electrons. The number of aromatic nitrogens is 3. The zero-order chi connectivity index (χ0) is 18.1. The van der Waals surface area contributed by atoms with Crippen LogP contribution in [0.2, 0.25) is 0 Å². The van der Waals surface area contributed by atoms with Crippen LogP contribution < -0.4 is 0 Å². The monoisotopic (exact) mass is 359 g/mol. The lowest BCUT2D eigenvalue weighted by Gasteiger charge is -2.36. The minimum Gasteiger partial charge on any atom is -0.373 e. The van der Waals surface area contributed by atoms with Crippen LogP contribution in [-0.2, 0) is 18.3 Å². The maximum absolute atomic E-state index is 6.02. The highest BCUT2D eigenvalue weighted by Gasteiger charge is 2.32. The summed E-state index contributed by atoms with van der Waals surface area (Å²) in [6.07, 6.45) is 5.37. The molecule has 0 spiro atoms. The zero-order valence-electron chi connectivity index (χ0n) is 16.0. The quantitative estimate of drug-likeness (QED) is 0.813. The Morgan fingerprint density at radius 1 is 1.15 bits per heavy atom. The fraction of sp³-hybridized carbons (Fsp3) is 0.684. The van der Waals surface area contributed by atoms with Gasteiger partial charge in [-0.1, -0.05) is 5.16 Å². The molecule has 0 aromatic carbocycles. The number of hydrogen-bond donors (Lipinski definition) is 0. The molecule has 2 atom stereocenters. The summed E-state index contributed by atoms with van der Waals surface area (Å²) in [5.74, 6) is 1.51. The Hall–Kier alpha value is -1.70. The zero-order valence-corrected chi connectivity index (χ0v) is 16.0. The Bertz CT molecular complexity index is 713. The van der Waals surface area contributed by atoms with Crippen LogP contribution in [-0.4, -0.2) is 64.1 Å². The van der Waals surface area contributed by atoms with E-state index in [1.807, 2.05) is 31.8 Å². The highest BCUT2D eigenvalue weighted by Crippen LogP contribution is 2.35. The normalized spacial score (nSPS) is 25.2. The predicted octanol–water partition coefficient (Wildman–Crippen LogP) is 1.92. The highest BCUT2D eigenvalue weighted by atomic mass is 16.5. The minimum absolute atomic E-state index is 0.198. The summed E-state index contributed by atoms with van der Waals surface area (Å²) in [5.41, 5.74) is 3.48. The van der Waals surface area contributed by atoms with Crippen molar-refractivity contribution < 1.29 is 9.26 Å². The van der Waals surface area contributed by atoms with Gasteiger partial charge in [0.2, 0.25) is 0 Å². The Labute approximate surface area is 154 Å². The Kier molecular flexibility index (Phi) is 5.11. The number of aryl methyl sites for hydroxylation is 3. The molecule has 2 fully saturated rings. The van der Waals surface area contributed by atoms with Crippen LogP contribution in [0.5, 0.6) is 0 Å². The molecule has 2 aromatic rings. The first-order valence-electron chi connectivity index (χ1n) is 9.57. The van der Waals surface area contributed by atoms with Gasteiger partial charge >= 0.3 is 0 Å². The van der Waals surface area contributed by atoms with E-state index >= 15 is 0 Å². The topological polar surface area (TPSA) is 59.6 Å². The van der Waals surface area contributed by atoms with E-state index in [4.69, 9.17) is 9.26 Å². The van der Waals surface area contributed by atoms with Crippen LogP contribution in [0, 0.1) is 19.8 Å². The van der Waals surface area contributed by atoms with Gasteiger partial charge in [-0.05, 0) is 20.3 Å². The second kappa shape index (κ2) is 7.50. The maximum Gasteiger partial charge on any atom is 0.138 e. The molecule has 0 bridgehead atoms. The van der Waals surface area contributed by atoms with Gasteiger partial charge < -0.3 is 14.2 Å². The average Bonchev–Trinajstić information content (AvgIpc) is 3.33. The van der Waals surface area contributed by atoms with Crippen molar-refractivity contribution >= 4 is 0 Å². The third-order valence-corrected chi connectivity index (χ3v) is 5.79. The number of ether oxygens (including phenoxy) is 1. The number of piperazine rings is 1. The molecular weight excluding hydrogens is 330 g/mol. The SMILES string of the molecule is Cc1noc(C)c1CN1CCN(C[C@H]2CCO[C@@H]2c2cnn(C)c2)CC1. The van der Waals surface area contributed by atoms with E-state index in [0.29, 0.717) is 5.92 Å². The van der Waals surface area contributed by atoms with E-state index in [0.717, 1.165) is 63.8 Å². The van der Waals surface area contributed by atoms with E-state index < -0.39 is 0 Å². The molecule has 2 aliphatic rings. The van der Waals surface area contributed by atoms with Gasteiger partial charge in [0, 0.05) is 76.2 Å². The van der Waals surface area contributed by atoms with Crippen LogP contribution in [0.3, 0.4) is 0 Å². The molecule has 0 aliphatic carbocycles. The first-order chi connectivity index (χ1) is 12.6. The van der Waals surface area contributed by atoms with Crippen LogP contribution in [0.25, 0.3) is 0 Å². The van der Waals surface area contributed by atoms with Crippen LogP contribution in [0.4, 0.5) is 0 Å². The summed E-state index contributed by atoms with van der Waals surface area (Å²) in [7, 11) is 1.96. The summed E-state index contributed by atoms with van der Waals surface area (Å²) < 4.78 is 13.2. The fourth-order valence-electron chi connectivity index (χ4n) is 4.19. The lowest BCUT2D eigenvalue weighted by atomic mass is 9.96. The molecule has 7 heteroatoms.